The maximum absolute atomic E-state index is 6.50. The molecule has 33 heavy (non-hydrogen) atoms. The lowest BCUT2D eigenvalue weighted by Crippen LogP contribution is -2.36. The Morgan fingerprint density at radius 2 is 2.00 bits per heavy atom. The minimum Gasteiger partial charge on any atom is -0.492 e. The van der Waals surface area contributed by atoms with Gasteiger partial charge in [-0.2, -0.15) is 4.98 Å². The highest BCUT2D eigenvalue weighted by Gasteiger charge is 2.30. The lowest BCUT2D eigenvalue weighted by Gasteiger charge is -2.30. The maximum atomic E-state index is 6.50. The highest BCUT2D eigenvalue weighted by molar-refractivity contribution is 5.97. The van der Waals surface area contributed by atoms with Crippen LogP contribution < -0.4 is 20.9 Å². The minimum absolute atomic E-state index is 0.114. The Balaban J connectivity index is 1.46. The number of rotatable bonds is 5. The van der Waals surface area contributed by atoms with E-state index < -0.39 is 0 Å². The highest BCUT2D eigenvalue weighted by Crippen LogP contribution is 2.48. The zero-order valence-corrected chi connectivity index (χ0v) is 18.2. The molecule has 2 aliphatic rings. The molecule has 0 spiro atoms. The molecule has 1 unspecified atom stereocenters. The molecule has 168 valence electrons. The fraction of sp³-hybridized carbons (Fsp3) is 0.292. The number of nitrogens with two attached hydrogens (primary N) is 2. The van der Waals surface area contributed by atoms with Crippen molar-refractivity contribution in [3.05, 3.63) is 47.9 Å². The second-order valence-electron chi connectivity index (χ2n) is 8.70. The average Bonchev–Trinajstić information content (AvgIpc) is 3.41. The van der Waals surface area contributed by atoms with Crippen LogP contribution in [0.2, 0.25) is 0 Å². The van der Waals surface area contributed by atoms with Crippen LogP contribution in [0.4, 0.5) is 11.8 Å². The molecule has 4 N–H and O–H groups in total. The Kier molecular flexibility index (Phi) is 4.58. The average molecular weight is 444 g/mol. The predicted molar refractivity (Wildman–Crippen MR) is 124 cm³/mol. The molecule has 9 heteroatoms. The van der Waals surface area contributed by atoms with Crippen LogP contribution in [0.3, 0.4) is 0 Å². The van der Waals surface area contributed by atoms with E-state index >= 15 is 0 Å². The second kappa shape index (κ2) is 7.63. The van der Waals surface area contributed by atoms with Gasteiger partial charge in [-0.3, -0.25) is 4.90 Å². The quantitative estimate of drug-likeness (QED) is 0.470. The highest BCUT2D eigenvalue weighted by atomic mass is 16.5. The summed E-state index contributed by atoms with van der Waals surface area (Å²) in [4.78, 5) is 10.9. The summed E-state index contributed by atoms with van der Waals surface area (Å²) in [6.07, 6.45) is 4.58. The number of hydrogen-bond donors (Lipinski definition) is 2. The number of fused-ring (bicyclic) bond motifs is 3. The minimum atomic E-state index is 0.114. The fourth-order valence-corrected chi connectivity index (χ4v) is 4.54. The molecule has 2 aromatic carbocycles. The number of benzene rings is 2. The molecule has 4 aromatic rings. The van der Waals surface area contributed by atoms with Gasteiger partial charge in [0.05, 0.1) is 23.7 Å². The lowest BCUT2D eigenvalue weighted by atomic mass is 9.99. The SMILES string of the molecule is CC1COc2c1c(Oc1cc(CN3CCC3)cc(-c3cnoc3)c1)cc1nc(N)nc(N)c21. The van der Waals surface area contributed by atoms with Crippen LogP contribution in [0, 0.1) is 0 Å². The Bertz CT molecular complexity index is 1350. The number of likely N-dealkylation sites (tertiary alicyclic amines) is 1. The monoisotopic (exact) mass is 444 g/mol. The van der Waals surface area contributed by atoms with Gasteiger partial charge >= 0.3 is 0 Å². The van der Waals surface area contributed by atoms with Gasteiger partial charge in [0.25, 0.3) is 0 Å². The molecule has 1 saturated heterocycles. The Morgan fingerprint density at radius 1 is 1.12 bits per heavy atom. The van der Waals surface area contributed by atoms with Gasteiger partial charge in [-0.25, -0.2) is 4.98 Å². The number of aromatic nitrogens is 3. The number of hydrogen-bond acceptors (Lipinski definition) is 9. The molecule has 2 aliphatic heterocycles. The Hall–Kier alpha value is -3.85. The van der Waals surface area contributed by atoms with Crippen molar-refractivity contribution in [1.82, 2.24) is 20.0 Å². The van der Waals surface area contributed by atoms with Gasteiger partial charge in [0, 0.05) is 29.7 Å². The van der Waals surface area contributed by atoms with Gasteiger partial charge in [0.1, 0.15) is 29.3 Å². The molecule has 0 saturated carbocycles. The van der Waals surface area contributed by atoms with Gasteiger partial charge < -0.3 is 25.5 Å². The number of nitrogen functional groups attached to an aromatic ring is 2. The van der Waals surface area contributed by atoms with Crippen molar-refractivity contribution in [2.45, 2.75) is 25.8 Å². The van der Waals surface area contributed by atoms with Crippen LogP contribution in [0.15, 0.2) is 41.2 Å². The van der Waals surface area contributed by atoms with Crippen molar-refractivity contribution in [1.29, 1.82) is 0 Å². The molecule has 0 aliphatic carbocycles. The third-order valence-corrected chi connectivity index (χ3v) is 6.27. The zero-order valence-electron chi connectivity index (χ0n) is 18.2. The molecule has 0 amide bonds. The van der Waals surface area contributed by atoms with Crippen LogP contribution >= 0.6 is 0 Å². The molecule has 2 aromatic heterocycles. The van der Waals surface area contributed by atoms with E-state index in [4.69, 9.17) is 25.5 Å². The first-order chi connectivity index (χ1) is 16.0. The van der Waals surface area contributed by atoms with E-state index in [0.29, 0.717) is 34.8 Å². The van der Waals surface area contributed by atoms with Crippen molar-refractivity contribution in [2.24, 2.45) is 0 Å². The fourth-order valence-electron chi connectivity index (χ4n) is 4.54. The molecule has 4 heterocycles. The van der Waals surface area contributed by atoms with Crippen LogP contribution in [-0.2, 0) is 6.54 Å². The number of nitrogens with zero attached hydrogens (tertiary/aromatic N) is 4. The third kappa shape index (κ3) is 3.50. The summed E-state index contributed by atoms with van der Waals surface area (Å²) >= 11 is 0. The summed E-state index contributed by atoms with van der Waals surface area (Å²) in [5.74, 6) is 2.63. The smallest absolute Gasteiger partial charge is 0.222 e. The standard InChI is InChI=1S/C24H24N6O3/c1-13-11-31-22-20(13)19(8-18-21(22)23(25)29-24(26)28-18)33-17-6-14(10-30-3-2-4-30)5-15(7-17)16-9-27-32-12-16/h5-9,12-13H,2-4,10-11H2,1H3,(H4,25,26,28,29). The first kappa shape index (κ1) is 19.8. The van der Waals surface area contributed by atoms with E-state index in [-0.39, 0.29) is 11.9 Å². The van der Waals surface area contributed by atoms with Gasteiger partial charge in [-0.05, 0) is 48.8 Å². The summed E-state index contributed by atoms with van der Waals surface area (Å²) in [6, 6.07) is 8.10. The topological polar surface area (TPSA) is 126 Å². The summed E-state index contributed by atoms with van der Waals surface area (Å²) in [7, 11) is 0. The van der Waals surface area contributed by atoms with E-state index in [1.54, 1.807) is 12.5 Å². The van der Waals surface area contributed by atoms with Crippen molar-refractivity contribution < 1.29 is 14.0 Å². The van der Waals surface area contributed by atoms with Crippen molar-refractivity contribution in [3.8, 4) is 28.4 Å². The van der Waals surface area contributed by atoms with Crippen LogP contribution in [-0.4, -0.2) is 39.7 Å². The van der Waals surface area contributed by atoms with E-state index in [9.17, 15) is 0 Å². The van der Waals surface area contributed by atoms with Gasteiger partial charge in [0.2, 0.25) is 5.95 Å². The second-order valence-corrected chi connectivity index (χ2v) is 8.70. The molecule has 0 radical (unpaired) electrons. The van der Waals surface area contributed by atoms with E-state index in [1.165, 1.54) is 12.0 Å². The third-order valence-electron chi connectivity index (χ3n) is 6.27. The van der Waals surface area contributed by atoms with Crippen LogP contribution in [0.25, 0.3) is 22.0 Å². The largest absolute Gasteiger partial charge is 0.492 e. The van der Waals surface area contributed by atoms with Gasteiger partial charge in [-0.1, -0.05) is 12.1 Å². The van der Waals surface area contributed by atoms with E-state index in [2.05, 4.69) is 39.1 Å². The lowest BCUT2D eigenvalue weighted by molar-refractivity contribution is 0.172. The first-order valence-electron chi connectivity index (χ1n) is 11.0. The predicted octanol–water partition coefficient (Wildman–Crippen LogP) is 3.94. The van der Waals surface area contributed by atoms with E-state index in [1.807, 2.05) is 12.1 Å². The van der Waals surface area contributed by atoms with E-state index in [0.717, 1.165) is 42.1 Å². The van der Waals surface area contributed by atoms with Crippen molar-refractivity contribution >= 4 is 22.7 Å². The Labute approximate surface area is 190 Å². The Morgan fingerprint density at radius 3 is 2.76 bits per heavy atom. The number of ether oxygens (including phenoxy) is 2. The first-order valence-corrected chi connectivity index (χ1v) is 11.0. The molecule has 6 rings (SSSR count). The molecule has 1 fully saturated rings. The summed E-state index contributed by atoms with van der Waals surface area (Å²) < 4.78 is 17.6. The van der Waals surface area contributed by atoms with Crippen molar-refractivity contribution in [2.75, 3.05) is 31.2 Å². The van der Waals surface area contributed by atoms with Gasteiger partial charge in [-0.15, -0.1) is 0 Å². The summed E-state index contributed by atoms with van der Waals surface area (Å²) in [5, 5.41) is 4.53. The zero-order chi connectivity index (χ0) is 22.5. The van der Waals surface area contributed by atoms with Crippen LogP contribution in [0.5, 0.6) is 17.2 Å². The molecule has 1 atom stereocenters. The van der Waals surface area contributed by atoms with Gasteiger partial charge in [0.15, 0.2) is 0 Å². The summed E-state index contributed by atoms with van der Waals surface area (Å²) in [6.45, 7) is 5.73. The van der Waals surface area contributed by atoms with Crippen molar-refractivity contribution in [3.63, 3.8) is 0 Å². The molecular weight excluding hydrogens is 420 g/mol. The number of anilines is 2. The normalized spacial score (nSPS) is 17.5. The van der Waals surface area contributed by atoms with Crippen LogP contribution in [0.1, 0.15) is 30.4 Å². The molecular formula is C24H24N6O3. The maximum Gasteiger partial charge on any atom is 0.222 e. The molecule has 9 nitrogen and oxygen atoms in total. The summed E-state index contributed by atoms with van der Waals surface area (Å²) in [5.41, 5.74) is 16.6. The molecule has 0 bridgehead atoms.